The van der Waals surface area contributed by atoms with Crippen LogP contribution in [0.1, 0.15) is 54.4 Å². The van der Waals surface area contributed by atoms with E-state index in [0.29, 0.717) is 17.8 Å². The van der Waals surface area contributed by atoms with E-state index >= 15 is 0 Å². The number of anilines is 1. The lowest BCUT2D eigenvalue weighted by atomic mass is 9.74. The Bertz CT molecular complexity index is 1130. The molecule has 2 aliphatic rings. The normalized spacial score (nSPS) is 19.1. The molecule has 0 spiro atoms. The molecule has 1 unspecified atom stereocenters. The van der Waals surface area contributed by atoms with Gasteiger partial charge in [-0.1, -0.05) is 48.9 Å². The lowest BCUT2D eigenvalue weighted by Crippen LogP contribution is -2.39. The molecule has 0 bridgehead atoms. The zero-order valence-corrected chi connectivity index (χ0v) is 17.8. The summed E-state index contributed by atoms with van der Waals surface area (Å²) in [5.41, 5.74) is 14.2. The van der Waals surface area contributed by atoms with Gasteiger partial charge in [0.15, 0.2) is 5.78 Å². The van der Waals surface area contributed by atoms with Crippen molar-refractivity contribution >= 4 is 11.5 Å². The van der Waals surface area contributed by atoms with Gasteiger partial charge >= 0.3 is 0 Å². The Morgan fingerprint density at radius 1 is 1.17 bits per heavy atom. The number of aryl methyl sites for hydroxylation is 3. The fourth-order valence-corrected chi connectivity index (χ4v) is 4.85. The minimum Gasteiger partial charge on any atom is -0.384 e. The minimum absolute atomic E-state index is 0.125. The van der Waals surface area contributed by atoms with Gasteiger partial charge < -0.3 is 5.73 Å². The van der Waals surface area contributed by atoms with Gasteiger partial charge in [-0.25, -0.2) is 0 Å². The first kappa shape index (κ1) is 20.0. The molecule has 2 aromatic carbocycles. The van der Waals surface area contributed by atoms with E-state index in [0.717, 1.165) is 58.5 Å². The number of nitrogens with two attached hydrogens (primary N) is 1. The molecule has 1 atom stereocenters. The molecular formula is C26H27N3O. The first-order valence-electron chi connectivity index (χ1n) is 10.6. The smallest absolute Gasteiger partial charge is 0.161 e. The Kier molecular flexibility index (Phi) is 5.22. The number of para-hydroxylation sites is 1. The van der Waals surface area contributed by atoms with Crippen molar-refractivity contribution in [3.05, 3.63) is 87.4 Å². The summed E-state index contributed by atoms with van der Waals surface area (Å²) in [6, 6.07) is 16.7. The molecular weight excluding hydrogens is 370 g/mol. The quantitative estimate of drug-likeness (QED) is 0.776. The average molecular weight is 398 g/mol. The molecule has 2 N–H and O–H groups in total. The molecule has 0 amide bonds. The highest BCUT2D eigenvalue weighted by atomic mass is 16.1. The zero-order chi connectivity index (χ0) is 21.4. The van der Waals surface area contributed by atoms with Crippen LogP contribution in [-0.2, 0) is 11.2 Å². The van der Waals surface area contributed by atoms with E-state index in [2.05, 4.69) is 25.1 Å². The number of benzene rings is 2. The van der Waals surface area contributed by atoms with Gasteiger partial charge in [0.1, 0.15) is 5.82 Å². The van der Waals surface area contributed by atoms with Gasteiger partial charge in [0.05, 0.1) is 23.2 Å². The van der Waals surface area contributed by atoms with Gasteiger partial charge in [0.2, 0.25) is 0 Å². The first-order chi connectivity index (χ1) is 14.5. The predicted molar refractivity (Wildman–Crippen MR) is 120 cm³/mol. The number of hydrogen-bond donors (Lipinski definition) is 1. The van der Waals surface area contributed by atoms with E-state index in [4.69, 9.17) is 5.73 Å². The topological polar surface area (TPSA) is 70.1 Å². The van der Waals surface area contributed by atoms with E-state index in [1.54, 1.807) is 0 Å². The second-order valence-electron chi connectivity index (χ2n) is 8.16. The number of carbonyl (C=O) groups is 1. The van der Waals surface area contributed by atoms with Crippen molar-refractivity contribution in [1.82, 2.24) is 0 Å². The number of carbonyl (C=O) groups excluding carboxylic acids is 1. The second kappa shape index (κ2) is 7.84. The lowest BCUT2D eigenvalue weighted by Gasteiger charge is -2.40. The van der Waals surface area contributed by atoms with Crippen LogP contribution in [0.5, 0.6) is 0 Å². The molecule has 2 aromatic rings. The van der Waals surface area contributed by atoms with Crippen LogP contribution in [0.4, 0.5) is 5.69 Å². The van der Waals surface area contributed by atoms with Crippen molar-refractivity contribution in [1.29, 1.82) is 5.26 Å². The summed E-state index contributed by atoms with van der Waals surface area (Å²) < 4.78 is 0. The minimum atomic E-state index is -0.400. The summed E-state index contributed by atoms with van der Waals surface area (Å²) in [5, 5.41) is 10.2. The van der Waals surface area contributed by atoms with Gasteiger partial charge in [0, 0.05) is 17.7 Å². The standard InChI is InChI=1S/C26H27N3O/c1-4-18-8-5-6-9-21(18)29-22-10-7-11-23(30)25(22)24(20(15-27)26(29)28)19-13-12-16(2)14-17(19)3/h5-6,8-9,12-14,24H,4,7,10-11,28H2,1-3H3. The number of nitrogens with zero attached hydrogens (tertiary/aromatic N) is 2. The molecule has 0 saturated heterocycles. The van der Waals surface area contributed by atoms with Crippen molar-refractivity contribution in [3.8, 4) is 6.07 Å². The number of nitriles is 1. The van der Waals surface area contributed by atoms with Gasteiger partial charge in [-0.05, 0) is 55.9 Å². The largest absolute Gasteiger partial charge is 0.384 e. The fourth-order valence-electron chi connectivity index (χ4n) is 4.85. The molecule has 0 saturated carbocycles. The summed E-state index contributed by atoms with van der Waals surface area (Å²) in [6.07, 6.45) is 2.94. The number of ketones is 1. The van der Waals surface area contributed by atoms with Crippen LogP contribution in [0.3, 0.4) is 0 Å². The molecule has 30 heavy (non-hydrogen) atoms. The monoisotopic (exact) mass is 397 g/mol. The number of rotatable bonds is 3. The van der Waals surface area contributed by atoms with E-state index < -0.39 is 5.92 Å². The van der Waals surface area contributed by atoms with Crippen LogP contribution in [-0.4, -0.2) is 5.78 Å². The molecule has 0 aromatic heterocycles. The average Bonchev–Trinajstić information content (AvgIpc) is 2.73. The fraction of sp³-hybridized carbons (Fsp3) is 0.308. The van der Waals surface area contributed by atoms with E-state index in [1.807, 2.05) is 49.1 Å². The third kappa shape index (κ3) is 3.11. The second-order valence-corrected chi connectivity index (χ2v) is 8.16. The number of Topliss-reactive ketones (excluding diaryl/α,β-unsaturated/α-hetero) is 1. The zero-order valence-electron chi connectivity index (χ0n) is 17.8. The summed E-state index contributed by atoms with van der Waals surface area (Å²) in [4.78, 5) is 15.2. The molecule has 1 aliphatic carbocycles. The maximum absolute atomic E-state index is 13.2. The van der Waals surface area contributed by atoms with Crippen LogP contribution >= 0.6 is 0 Å². The molecule has 1 aliphatic heterocycles. The summed E-state index contributed by atoms with van der Waals surface area (Å²) in [6.45, 7) is 6.19. The van der Waals surface area contributed by atoms with Crippen LogP contribution in [0, 0.1) is 25.2 Å². The third-order valence-corrected chi connectivity index (χ3v) is 6.26. The Balaban J connectivity index is 2.01. The Morgan fingerprint density at radius 3 is 2.63 bits per heavy atom. The van der Waals surface area contributed by atoms with Crippen LogP contribution in [0.15, 0.2) is 65.1 Å². The van der Waals surface area contributed by atoms with Crippen molar-refractivity contribution in [2.24, 2.45) is 5.73 Å². The molecule has 152 valence electrons. The SMILES string of the molecule is CCc1ccccc1N1C(N)=C(C#N)C(c2ccc(C)cc2C)C2=C1CCCC2=O. The highest BCUT2D eigenvalue weighted by molar-refractivity contribution is 6.01. The van der Waals surface area contributed by atoms with E-state index in [-0.39, 0.29) is 5.78 Å². The molecule has 4 heteroatoms. The van der Waals surface area contributed by atoms with Gasteiger partial charge in [0.25, 0.3) is 0 Å². The lowest BCUT2D eigenvalue weighted by molar-refractivity contribution is -0.116. The maximum atomic E-state index is 13.2. The van der Waals surface area contributed by atoms with Crippen molar-refractivity contribution in [2.45, 2.75) is 52.4 Å². The van der Waals surface area contributed by atoms with Crippen molar-refractivity contribution in [3.63, 3.8) is 0 Å². The Labute approximate surface area is 178 Å². The molecule has 1 heterocycles. The van der Waals surface area contributed by atoms with Gasteiger partial charge in [-0.3, -0.25) is 9.69 Å². The van der Waals surface area contributed by atoms with Gasteiger partial charge in [-0.2, -0.15) is 5.26 Å². The Hall–Kier alpha value is -3.32. The van der Waals surface area contributed by atoms with Gasteiger partial charge in [-0.15, -0.1) is 0 Å². The van der Waals surface area contributed by atoms with Crippen LogP contribution < -0.4 is 10.6 Å². The highest BCUT2D eigenvalue weighted by Gasteiger charge is 2.41. The molecule has 4 rings (SSSR count). The van der Waals surface area contributed by atoms with E-state index in [9.17, 15) is 10.1 Å². The Morgan fingerprint density at radius 2 is 1.93 bits per heavy atom. The molecule has 0 fully saturated rings. The summed E-state index contributed by atoms with van der Waals surface area (Å²) >= 11 is 0. The molecule has 0 radical (unpaired) electrons. The van der Waals surface area contributed by atoms with E-state index in [1.165, 1.54) is 0 Å². The third-order valence-electron chi connectivity index (χ3n) is 6.26. The maximum Gasteiger partial charge on any atom is 0.161 e. The van der Waals surface area contributed by atoms with Crippen molar-refractivity contribution < 1.29 is 4.79 Å². The summed E-state index contributed by atoms with van der Waals surface area (Å²) in [5.74, 6) is 0.167. The number of hydrogen-bond acceptors (Lipinski definition) is 4. The summed E-state index contributed by atoms with van der Waals surface area (Å²) in [7, 11) is 0. The number of allylic oxidation sites excluding steroid dienone is 3. The highest BCUT2D eigenvalue weighted by Crippen LogP contribution is 2.47. The molecule has 4 nitrogen and oxygen atoms in total. The first-order valence-corrected chi connectivity index (χ1v) is 10.6. The predicted octanol–water partition coefficient (Wildman–Crippen LogP) is 5.17. The van der Waals surface area contributed by atoms with Crippen LogP contribution in [0.2, 0.25) is 0 Å². The van der Waals surface area contributed by atoms with Crippen LogP contribution in [0.25, 0.3) is 0 Å². The van der Waals surface area contributed by atoms with Crippen molar-refractivity contribution in [2.75, 3.05) is 4.90 Å².